The van der Waals surface area contributed by atoms with E-state index in [0.29, 0.717) is 17.6 Å². The van der Waals surface area contributed by atoms with Crippen LogP contribution in [-0.2, 0) is 10.0 Å². The second kappa shape index (κ2) is 7.26. The van der Waals surface area contributed by atoms with Gasteiger partial charge >= 0.3 is 0 Å². The highest BCUT2D eigenvalue weighted by Crippen LogP contribution is 2.21. The van der Waals surface area contributed by atoms with Gasteiger partial charge in [-0.25, -0.2) is 13.1 Å². The van der Waals surface area contributed by atoms with Gasteiger partial charge in [-0.3, -0.25) is 0 Å². The third-order valence-corrected chi connectivity index (χ3v) is 4.94. The minimum absolute atomic E-state index is 0.136. The van der Waals surface area contributed by atoms with Crippen molar-refractivity contribution in [1.29, 1.82) is 0 Å². The number of hydrogen-bond acceptors (Lipinski definition) is 4. The van der Waals surface area contributed by atoms with Gasteiger partial charge in [0, 0.05) is 12.6 Å². The third kappa shape index (κ3) is 4.94. The van der Waals surface area contributed by atoms with E-state index in [-0.39, 0.29) is 10.6 Å². The summed E-state index contributed by atoms with van der Waals surface area (Å²) in [5.41, 5.74) is 5.87. The summed E-state index contributed by atoms with van der Waals surface area (Å²) in [5.74, 6) is 0. The minimum Gasteiger partial charge on any atom is -0.397 e. The van der Waals surface area contributed by atoms with Crippen LogP contribution < -0.4 is 10.5 Å². The van der Waals surface area contributed by atoms with Crippen molar-refractivity contribution in [3.8, 4) is 0 Å². The summed E-state index contributed by atoms with van der Waals surface area (Å²) in [7, 11) is -1.51. The maximum atomic E-state index is 12.1. The lowest BCUT2D eigenvalue weighted by molar-refractivity contribution is 0.271. The van der Waals surface area contributed by atoms with Gasteiger partial charge in [0.05, 0.1) is 15.6 Å². The highest BCUT2D eigenvalue weighted by molar-refractivity contribution is 7.89. The molecule has 0 bridgehead atoms. The molecule has 1 rings (SSSR count). The topological polar surface area (TPSA) is 75.4 Å². The zero-order valence-corrected chi connectivity index (χ0v) is 13.6. The Balaban J connectivity index is 2.56. The molecule has 0 fully saturated rings. The highest BCUT2D eigenvalue weighted by Gasteiger charge is 2.14. The zero-order valence-electron chi connectivity index (χ0n) is 12.1. The number of hydrogen-bond donors (Lipinski definition) is 2. The first-order valence-electron chi connectivity index (χ1n) is 6.49. The smallest absolute Gasteiger partial charge is 0.240 e. The van der Waals surface area contributed by atoms with Crippen LogP contribution in [0.15, 0.2) is 23.1 Å². The summed E-state index contributed by atoms with van der Waals surface area (Å²) in [6, 6.07) is 4.74. The van der Waals surface area contributed by atoms with Crippen molar-refractivity contribution in [2.45, 2.75) is 31.2 Å². The molecular weight excluding hydrogens is 298 g/mol. The third-order valence-electron chi connectivity index (χ3n) is 3.14. The minimum atomic E-state index is -3.52. The molecule has 0 unspecified atom stereocenters. The van der Waals surface area contributed by atoms with Crippen molar-refractivity contribution in [2.75, 3.05) is 25.9 Å². The zero-order chi connectivity index (χ0) is 15.3. The summed E-state index contributed by atoms with van der Waals surface area (Å²) in [5, 5.41) is 0.350. The monoisotopic (exact) mass is 319 g/mol. The molecule has 0 heterocycles. The van der Waals surface area contributed by atoms with Crippen LogP contribution in [0.3, 0.4) is 0 Å². The predicted octanol–water partition coefficient (Wildman–Crippen LogP) is 1.93. The average molecular weight is 320 g/mol. The number of nitrogens with zero attached hydrogens (tertiary/aromatic N) is 1. The number of rotatable bonds is 7. The first-order chi connectivity index (χ1) is 9.24. The number of halogens is 1. The standard InChI is InChI=1S/C13H22ClN3O2S/c1-10(2)17(3)8-4-7-16-20(18,19)11-5-6-12(14)13(15)9-11/h5-6,9-10,16H,4,7-8,15H2,1-3H3. The molecule has 0 amide bonds. The van der Waals surface area contributed by atoms with E-state index in [4.69, 9.17) is 17.3 Å². The normalized spacial score (nSPS) is 12.3. The van der Waals surface area contributed by atoms with Crippen molar-refractivity contribution in [1.82, 2.24) is 9.62 Å². The Kier molecular flexibility index (Phi) is 6.26. The molecule has 0 radical (unpaired) electrons. The molecule has 3 N–H and O–H groups in total. The van der Waals surface area contributed by atoms with Crippen LogP contribution in [0.4, 0.5) is 5.69 Å². The molecule has 7 heteroatoms. The Morgan fingerprint density at radius 1 is 1.40 bits per heavy atom. The fraction of sp³-hybridized carbons (Fsp3) is 0.538. The number of nitrogens with one attached hydrogen (secondary N) is 1. The maximum Gasteiger partial charge on any atom is 0.240 e. The number of anilines is 1. The van der Waals surface area contributed by atoms with E-state index in [0.717, 1.165) is 13.0 Å². The number of nitrogen functional groups attached to an aromatic ring is 1. The van der Waals surface area contributed by atoms with Gasteiger partial charge in [-0.1, -0.05) is 11.6 Å². The molecule has 0 aliphatic rings. The van der Waals surface area contributed by atoms with Crippen LogP contribution in [0.1, 0.15) is 20.3 Å². The molecule has 0 saturated carbocycles. The van der Waals surface area contributed by atoms with E-state index in [1.54, 1.807) is 0 Å². The van der Waals surface area contributed by atoms with Gasteiger partial charge in [-0.05, 0) is 52.1 Å². The lowest BCUT2D eigenvalue weighted by Gasteiger charge is -2.20. The Hall–Kier alpha value is -0.820. The number of nitrogens with two attached hydrogens (primary N) is 1. The van der Waals surface area contributed by atoms with Gasteiger partial charge in [0.2, 0.25) is 10.0 Å². The summed E-state index contributed by atoms with van der Waals surface area (Å²) in [6.45, 7) is 5.42. The van der Waals surface area contributed by atoms with E-state index in [2.05, 4.69) is 23.5 Å². The second-order valence-electron chi connectivity index (χ2n) is 5.01. The Labute approximate surface area is 126 Å². The molecular formula is C13H22ClN3O2S. The van der Waals surface area contributed by atoms with Gasteiger partial charge in [0.25, 0.3) is 0 Å². The van der Waals surface area contributed by atoms with E-state index >= 15 is 0 Å². The molecule has 0 spiro atoms. The van der Waals surface area contributed by atoms with Crippen molar-refractivity contribution in [3.05, 3.63) is 23.2 Å². The average Bonchev–Trinajstić information content (AvgIpc) is 2.37. The van der Waals surface area contributed by atoms with Crippen LogP contribution in [-0.4, -0.2) is 39.5 Å². The van der Waals surface area contributed by atoms with Gasteiger partial charge < -0.3 is 10.6 Å². The SMILES string of the molecule is CC(C)N(C)CCCNS(=O)(=O)c1ccc(Cl)c(N)c1. The highest BCUT2D eigenvalue weighted by atomic mass is 35.5. The molecule has 20 heavy (non-hydrogen) atoms. The lowest BCUT2D eigenvalue weighted by Crippen LogP contribution is -2.31. The molecule has 0 saturated heterocycles. The van der Waals surface area contributed by atoms with Crippen molar-refractivity contribution < 1.29 is 8.42 Å². The van der Waals surface area contributed by atoms with Crippen LogP contribution in [0.5, 0.6) is 0 Å². The molecule has 1 aromatic carbocycles. The lowest BCUT2D eigenvalue weighted by atomic mass is 10.3. The molecule has 0 aliphatic heterocycles. The Morgan fingerprint density at radius 2 is 2.05 bits per heavy atom. The Morgan fingerprint density at radius 3 is 2.60 bits per heavy atom. The van der Waals surface area contributed by atoms with E-state index in [1.165, 1.54) is 18.2 Å². The summed E-state index contributed by atoms with van der Waals surface area (Å²) in [6.07, 6.45) is 0.747. The number of benzene rings is 1. The van der Waals surface area contributed by atoms with Crippen molar-refractivity contribution in [3.63, 3.8) is 0 Å². The van der Waals surface area contributed by atoms with Crippen LogP contribution in [0.2, 0.25) is 5.02 Å². The van der Waals surface area contributed by atoms with Crippen molar-refractivity contribution in [2.24, 2.45) is 0 Å². The molecule has 5 nitrogen and oxygen atoms in total. The molecule has 0 atom stereocenters. The first kappa shape index (κ1) is 17.2. The van der Waals surface area contributed by atoms with Crippen LogP contribution >= 0.6 is 11.6 Å². The van der Waals surface area contributed by atoms with Crippen molar-refractivity contribution >= 4 is 27.3 Å². The van der Waals surface area contributed by atoms with E-state index in [1.807, 2.05) is 7.05 Å². The fourth-order valence-corrected chi connectivity index (χ4v) is 2.79. The van der Waals surface area contributed by atoms with Gasteiger partial charge in [-0.15, -0.1) is 0 Å². The summed E-state index contributed by atoms with van der Waals surface area (Å²) < 4.78 is 26.7. The second-order valence-corrected chi connectivity index (χ2v) is 7.18. The fourth-order valence-electron chi connectivity index (χ4n) is 1.57. The first-order valence-corrected chi connectivity index (χ1v) is 8.35. The molecule has 0 aliphatic carbocycles. The van der Waals surface area contributed by atoms with E-state index < -0.39 is 10.0 Å². The van der Waals surface area contributed by atoms with Crippen LogP contribution in [0, 0.1) is 0 Å². The quantitative estimate of drug-likeness (QED) is 0.595. The molecule has 114 valence electrons. The molecule has 0 aromatic heterocycles. The summed E-state index contributed by atoms with van der Waals surface area (Å²) in [4.78, 5) is 2.30. The summed E-state index contributed by atoms with van der Waals surface area (Å²) >= 11 is 5.78. The maximum absolute atomic E-state index is 12.1. The van der Waals surface area contributed by atoms with Gasteiger partial charge in [0.1, 0.15) is 0 Å². The Bertz CT molecular complexity index is 547. The van der Waals surface area contributed by atoms with Crippen LogP contribution in [0.25, 0.3) is 0 Å². The predicted molar refractivity (Wildman–Crippen MR) is 83.4 cm³/mol. The van der Waals surface area contributed by atoms with Gasteiger partial charge in [0.15, 0.2) is 0 Å². The molecule has 1 aromatic rings. The largest absolute Gasteiger partial charge is 0.397 e. The number of sulfonamides is 1. The van der Waals surface area contributed by atoms with Gasteiger partial charge in [-0.2, -0.15) is 0 Å². The van der Waals surface area contributed by atoms with E-state index in [9.17, 15) is 8.42 Å².